The van der Waals surface area contributed by atoms with Crippen LogP contribution in [0.4, 0.5) is 0 Å². The highest BCUT2D eigenvalue weighted by molar-refractivity contribution is 6.45. The predicted octanol–water partition coefficient (Wildman–Crippen LogP) is 5.72. The van der Waals surface area contributed by atoms with Crippen molar-refractivity contribution in [1.82, 2.24) is 0 Å². The second-order valence-electron chi connectivity index (χ2n) is 4.53. The molecule has 0 aliphatic carbocycles. The molecule has 0 fully saturated rings. The van der Waals surface area contributed by atoms with Crippen LogP contribution in [0.15, 0.2) is 24.3 Å². The van der Waals surface area contributed by atoms with E-state index in [-0.39, 0.29) is 0 Å². The number of fused-ring (bicyclic) bond motifs is 1. The normalized spacial score (nSPS) is 10.8. The van der Waals surface area contributed by atoms with Gasteiger partial charge in [-0.05, 0) is 12.8 Å². The summed E-state index contributed by atoms with van der Waals surface area (Å²) in [6.45, 7) is 5.32. The average molecular weight is 313 g/mol. The summed E-state index contributed by atoms with van der Waals surface area (Å²) in [7, 11) is 0. The van der Waals surface area contributed by atoms with Crippen LogP contribution in [-0.2, 0) is 0 Å². The molecule has 0 spiro atoms. The highest BCUT2D eigenvalue weighted by Crippen LogP contribution is 2.46. The van der Waals surface area contributed by atoms with Crippen LogP contribution in [0, 0.1) is 0 Å². The first kappa shape index (κ1) is 15.3. The van der Waals surface area contributed by atoms with E-state index >= 15 is 0 Å². The minimum atomic E-state index is 0.421. The lowest BCUT2D eigenvalue weighted by Crippen LogP contribution is -2.01. The molecule has 0 N–H and O–H groups in total. The zero-order valence-electron chi connectivity index (χ0n) is 11.7. The molecule has 108 valence electrons. The van der Waals surface area contributed by atoms with Gasteiger partial charge in [0.25, 0.3) is 0 Å². The Labute approximate surface area is 129 Å². The number of halogens is 2. The molecule has 0 aliphatic rings. The fraction of sp³-hybridized carbons (Fsp3) is 0.375. The van der Waals surface area contributed by atoms with Gasteiger partial charge in [-0.15, -0.1) is 0 Å². The summed E-state index contributed by atoms with van der Waals surface area (Å²) in [6.07, 6.45) is 1.83. The van der Waals surface area contributed by atoms with Crippen molar-refractivity contribution in [3.63, 3.8) is 0 Å². The van der Waals surface area contributed by atoms with E-state index < -0.39 is 0 Å². The molecule has 2 nitrogen and oxygen atoms in total. The molecule has 2 rings (SSSR count). The smallest absolute Gasteiger partial charge is 0.147 e. The Bertz CT molecular complexity index is 544. The molecule has 0 heterocycles. The minimum Gasteiger partial charge on any atom is -0.491 e. The van der Waals surface area contributed by atoms with Crippen LogP contribution in [-0.4, -0.2) is 13.2 Å². The Morgan fingerprint density at radius 3 is 1.55 bits per heavy atom. The van der Waals surface area contributed by atoms with Crippen LogP contribution < -0.4 is 9.47 Å². The minimum absolute atomic E-state index is 0.421. The Hall–Kier alpha value is -1.12. The van der Waals surface area contributed by atoms with Gasteiger partial charge in [0.15, 0.2) is 0 Å². The van der Waals surface area contributed by atoms with Gasteiger partial charge in [0.1, 0.15) is 21.5 Å². The fourth-order valence-corrected chi connectivity index (χ4v) is 2.49. The summed E-state index contributed by atoms with van der Waals surface area (Å²) >= 11 is 12.7. The first-order valence-electron chi connectivity index (χ1n) is 6.86. The molecular formula is C16H18Cl2O2. The second kappa shape index (κ2) is 7.05. The third-order valence-electron chi connectivity index (χ3n) is 2.91. The zero-order valence-corrected chi connectivity index (χ0v) is 13.2. The molecule has 0 radical (unpaired) electrons. The summed E-state index contributed by atoms with van der Waals surface area (Å²) in [5.74, 6) is 1.27. The van der Waals surface area contributed by atoms with Crippen molar-refractivity contribution < 1.29 is 9.47 Å². The van der Waals surface area contributed by atoms with Crippen molar-refractivity contribution in [1.29, 1.82) is 0 Å². The van der Waals surface area contributed by atoms with Gasteiger partial charge in [0.2, 0.25) is 0 Å². The lowest BCUT2D eigenvalue weighted by atomic mass is 10.1. The Kier molecular flexibility index (Phi) is 5.38. The second-order valence-corrected chi connectivity index (χ2v) is 5.28. The van der Waals surface area contributed by atoms with E-state index in [0.29, 0.717) is 34.8 Å². The van der Waals surface area contributed by atoms with E-state index in [9.17, 15) is 0 Å². The van der Waals surface area contributed by atoms with Crippen LogP contribution in [0.25, 0.3) is 10.8 Å². The van der Waals surface area contributed by atoms with Crippen LogP contribution in [0.3, 0.4) is 0 Å². The highest BCUT2D eigenvalue weighted by atomic mass is 35.5. The third kappa shape index (κ3) is 2.97. The SMILES string of the molecule is CCCOc1c(Cl)c(Cl)c(OCCC)c2ccccc12. The zero-order chi connectivity index (χ0) is 14.5. The van der Waals surface area contributed by atoms with E-state index in [1.54, 1.807) is 0 Å². The molecule has 0 amide bonds. The monoisotopic (exact) mass is 312 g/mol. The van der Waals surface area contributed by atoms with Gasteiger partial charge >= 0.3 is 0 Å². The van der Waals surface area contributed by atoms with Crippen molar-refractivity contribution in [2.45, 2.75) is 26.7 Å². The maximum absolute atomic E-state index is 6.36. The van der Waals surface area contributed by atoms with Crippen molar-refractivity contribution in [3.8, 4) is 11.5 Å². The molecule has 0 aliphatic heterocycles. The molecule has 0 saturated heterocycles. The van der Waals surface area contributed by atoms with E-state index in [0.717, 1.165) is 23.6 Å². The van der Waals surface area contributed by atoms with Gasteiger partial charge < -0.3 is 9.47 Å². The van der Waals surface area contributed by atoms with Crippen molar-refractivity contribution in [2.75, 3.05) is 13.2 Å². The number of rotatable bonds is 6. The average Bonchev–Trinajstić information content (AvgIpc) is 2.47. The number of ether oxygens (including phenoxy) is 2. The van der Waals surface area contributed by atoms with Gasteiger partial charge in [-0.2, -0.15) is 0 Å². The van der Waals surface area contributed by atoms with Crippen LogP contribution in [0.1, 0.15) is 26.7 Å². The van der Waals surface area contributed by atoms with Crippen LogP contribution in [0.2, 0.25) is 10.0 Å². The Morgan fingerprint density at radius 2 is 1.20 bits per heavy atom. The summed E-state index contributed by atoms with van der Waals surface area (Å²) in [5, 5.41) is 2.71. The Balaban J connectivity index is 2.61. The quantitative estimate of drug-likeness (QED) is 0.678. The van der Waals surface area contributed by atoms with Gasteiger partial charge in [-0.3, -0.25) is 0 Å². The van der Waals surface area contributed by atoms with Crippen LogP contribution >= 0.6 is 23.2 Å². The molecular weight excluding hydrogens is 295 g/mol. The predicted molar refractivity (Wildman–Crippen MR) is 85.5 cm³/mol. The topological polar surface area (TPSA) is 18.5 Å². The standard InChI is InChI=1S/C16H18Cl2O2/c1-3-9-19-15-11-7-5-6-8-12(11)16(20-10-4-2)14(18)13(15)17/h5-8H,3-4,9-10H2,1-2H3. The summed E-state index contributed by atoms with van der Waals surface area (Å²) in [4.78, 5) is 0. The van der Waals surface area contributed by atoms with E-state index in [4.69, 9.17) is 32.7 Å². The molecule has 4 heteroatoms. The van der Waals surface area contributed by atoms with Gasteiger partial charge in [0.05, 0.1) is 13.2 Å². The lowest BCUT2D eigenvalue weighted by Gasteiger charge is -2.16. The molecule has 0 saturated carbocycles. The largest absolute Gasteiger partial charge is 0.491 e. The van der Waals surface area contributed by atoms with Crippen molar-refractivity contribution in [2.24, 2.45) is 0 Å². The summed E-state index contributed by atoms with van der Waals surface area (Å²) in [6, 6.07) is 7.85. The van der Waals surface area contributed by atoms with E-state index in [2.05, 4.69) is 13.8 Å². The van der Waals surface area contributed by atoms with Crippen LogP contribution in [0.5, 0.6) is 11.5 Å². The number of hydrogen-bond acceptors (Lipinski definition) is 2. The molecule has 20 heavy (non-hydrogen) atoms. The molecule has 2 aromatic rings. The first-order valence-corrected chi connectivity index (χ1v) is 7.61. The number of benzene rings is 2. The van der Waals surface area contributed by atoms with Gasteiger partial charge in [0, 0.05) is 10.8 Å². The highest BCUT2D eigenvalue weighted by Gasteiger charge is 2.18. The van der Waals surface area contributed by atoms with Crippen molar-refractivity contribution >= 4 is 34.0 Å². The molecule has 0 aromatic heterocycles. The van der Waals surface area contributed by atoms with E-state index in [1.165, 1.54) is 0 Å². The molecule has 2 aromatic carbocycles. The van der Waals surface area contributed by atoms with Gasteiger partial charge in [-0.25, -0.2) is 0 Å². The Morgan fingerprint density at radius 1 is 0.800 bits per heavy atom. The summed E-state index contributed by atoms with van der Waals surface area (Å²) < 4.78 is 11.5. The van der Waals surface area contributed by atoms with Gasteiger partial charge in [-0.1, -0.05) is 61.3 Å². The van der Waals surface area contributed by atoms with Crippen molar-refractivity contribution in [3.05, 3.63) is 34.3 Å². The molecule has 0 atom stereocenters. The molecule has 0 unspecified atom stereocenters. The molecule has 0 bridgehead atoms. The van der Waals surface area contributed by atoms with E-state index in [1.807, 2.05) is 24.3 Å². The third-order valence-corrected chi connectivity index (χ3v) is 3.73. The lowest BCUT2D eigenvalue weighted by molar-refractivity contribution is 0.314. The summed E-state index contributed by atoms with van der Waals surface area (Å²) in [5.41, 5.74) is 0. The fourth-order valence-electron chi connectivity index (χ4n) is 2.01. The first-order chi connectivity index (χ1) is 9.70. The maximum Gasteiger partial charge on any atom is 0.147 e. The number of hydrogen-bond donors (Lipinski definition) is 0. The maximum atomic E-state index is 6.36.